The highest BCUT2D eigenvalue weighted by atomic mass is 19.4. The van der Waals surface area contributed by atoms with Crippen LogP contribution >= 0.6 is 0 Å². The van der Waals surface area contributed by atoms with Gasteiger partial charge in [0, 0.05) is 18.5 Å². The third kappa shape index (κ3) is 3.00. The van der Waals surface area contributed by atoms with Crippen LogP contribution in [0.3, 0.4) is 0 Å². The Morgan fingerprint density at radius 1 is 1.20 bits per heavy atom. The van der Waals surface area contributed by atoms with Gasteiger partial charge in [-0.25, -0.2) is 4.98 Å². The van der Waals surface area contributed by atoms with E-state index < -0.39 is 18.0 Å². The highest BCUT2D eigenvalue weighted by molar-refractivity contribution is 5.16. The second kappa shape index (κ2) is 5.39. The molecule has 6 heteroatoms. The molecular formula is C14H19F3N2O. The van der Waals surface area contributed by atoms with Crippen molar-refractivity contribution in [1.82, 2.24) is 10.3 Å². The van der Waals surface area contributed by atoms with E-state index in [9.17, 15) is 13.2 Å². The molecule has 1 aromatic rings. The summed E-state index contributed by atoms with van der Waals surface area (Å²) in [5, 5.41) is 3.29. The fourth-order valence-corrected chi connectivity index (χ4v) is 3.08. The normalized spacial score (nSPS) is 27.8. The standard InChI is InChI=1S/C14H19F3N2O/c15-14(16,17)11-4-2-1-3-10(11)13-12(19-8-20-13)7-18-9-5-6-9/h8-11,18H,1-7H2. The average molecular weight is 288 g/mol. The van der Waals surface area contributed by atoms with Crippen molar-refractivity contribution in [2.45, 2.75) is 63.2 Å². The highest BCUT2D eigenvalue weighted by Crippen LogP contribution is 2.47. The zero-order chi connectivity index (χ0) is 14.2. The summed E-state index contributed by atoms with van der Waals surface area (Å²) >= 11 is 0. The van der Waals surface area contributed by atoms with Crippen LogP contribution in [0.4, 0.5) is 13.2 Å². The maximum Gasteiger partial charge on any atom is 0.392 e. The third-order valence-electron chi connectivity index (χ3n) is 4.33. The molecule has 3 nitrogen and oxygen atoms in total. The van der Waals surface area contributed by atoms with Crippen LogP contribution in [0.15, 0.2) is 10.8 Å². The number of hydrogen-bond acceptors (Lipinski definition) is 3. The summed E-state index contributed by atoms with van der Waals surface area (Å²) in [5.74, 6) is -1.41. The van der Waals surface area contributed by atoms with Crippen molar-refractivity contribution in [3.63, 3.8) is 0 Å². The summed E-state index contributed by atoms with van der Waals surface area (Å²) in [7, 11) is 0. The molecule has 112 valence electrons. The van der Waals surface area contributed by atoms with Gasteiger partial charge in [0.15, 0.2) is 6.39 Å². The second-order valence-corrected chi connectivity index (χ2v) is 5.86. The van der Waals surface area contributed by atoms with E-state index in [1.807, 2.05) is 0 Å². The molecule has 2 saturated carbocycles. The van der Waals surface area contributed by atoms with Gasteiger partial charge in [0.25, 0.3) is 0 Å². The van der Waals surface area contributed by atoms with Gasteiger partial charge in [-0.2, -0.15) is 13.2 Å². The quantitative estimate of drug-likeness (QED) is 0.916. The molecule has 0 radical (unpaired) electrons. The van der Waals surface area contributed by atoms with E-state index in [1.165, 1.54) is 6.39 Å². The van der Waals surface area contributed by atoms with Crippen LogP contribution in [-0.4, -0.2) is 17.2 Å². The van der Waals surface area contributed by atoms with Gasteiger partial charge < -0.3 is 9.73 Å². The molecule has 0 spiro atoms. The Labute approximate surface area is 115 Å². The first kappa shape index (κ1) is 13.9. The summed E-state index contributed by atoms with van der Waals surface area (Å²) in [5.41, 5.74) is 0.651. The molecule has 2 aliphatic rings. The van der Waals surface area contributed by atoms with Crippen LogP contribution in [0.5, 0.6) is 0 Å². The van der Waals surface area contributed by atoms with E-state index in [0.717, 1.165) is 19.3 Å². The van der Waals surface area contributed by atoms with Crippen molar-refractivity contribution in [2.24, 2.45) is 5.92 Å². The van der Waals surface area contributed by atoms with Crippen molar-refractivity contribution >= 4 is 0 Å². The molecule has 3 rings (SSSR count). The number of oxazole rings is 1. The molecule has 1 N–H and O–H groups in total. The third-order valence-corrected chi connectivity index (χ3v) is 4.33. The summed E-state index contributed by atoms with van der Waals surface area (Å²) in [4.78, 5) is 4.11. The lowest BCUT2D eigenvalue weighted by Gasteiger charge is -2.32. The molecule has 2 atom stereocenters. The largest absolute Gasteiger partial charge is 0.448 e. The number of nitrogens with zero attached hydrogens (tertiary/aromatic N) is 1. The van der Waals surface area contributed by atoms with Crippen molar-refractivity contribution in [3.05, 3.63) is 17.8 Å². The van der Waals surface area contributed by atoms with E-state index in [-0.39, 0.29) is 6.42 Å². The van der Waals surface area contributed by atoms with Gasteiger partial charge >= 0.3 is 6.18 Å². The topological polar surface area (TPSA) is 38.1 Å². The summed E-state index contributed by atoms with van der Waals surface area (Å²) in [6.45, 7) is 0.511. The van der Waals surface area contributed by atoms with Gasteiger partial charge in [-0.1, -0.05) is 12.8 Å². The Hall–Kier alpha value is -1.04. The van der Waals surface area contributed by atoms with Crippen molar-refractivity contribution in [2.75, 3.05) is 0 Å². The summed E-state index contributed by atoms with van der Waals surface area (Å²) in [6, 6.07) is 0.504. The lowest BCUT2D eigenvalue weighted by Crippen LogP contribution is -2.32. The molecule has 0 amide bonds. The smallest absolute Gasteiger partial charge is 0.392 e. The molecule has 0 bridgehead atoms. The molecule has 0 saturated heterocycles. The second-order valence-electron chi connectivity index (χ2n) is 5.86. The number of hydrogen-bond donors (Lipinski definition) is 1. The van der Waals surface area contributed by atoms with Gasteiger partial charge in [0.05, 0.1) is 11.6 Å². The molecule has 2 fully saturated rings. The summed E-state index contributed by atoms with van der Waals surface area (Å²) in [6.07, 6.45) is 1.61. The Kier molecular flexibility index (Phi) is 3.75. The maximum atomic E-state index is 13.2. The minimum Gasteiger partial charge on any atom is -0.448 e. The minimum atomic E-state index is -4.15. The van der Waals surface area contributed by atoms with Crippen LogP contribution in [0.25, 0.3) is 0 Å². The SMILES string of the molecule is FC(F)(F)C1CCCCC1c1ocnc1CNC1CC1. The van der Waals surface area contributed by atoms with Crippen LogP contribution in [0, 0.1) is 5.92 Å². The van der Waals surface area contributed by atoms with Crippen molar-refractivity contribution < 1.29 is 17.6 Å². The number of rotatable bonds is 4. The molecule has 2 aliphatic carbocycles. The van der Waals surface area contributed by atoms with E-state index in [0.29, 0.717) is 36.9 Å². The predicted molar refractivity (Wildman–Crippen MR) is 67.1 cm³/mol. The number of nitrogens with one attached hydrogen (secondary N) is 1. The number of alkyl halides is 3. The first-order valence-corrected chi connectivity index (χ1v) is 7.28. The van der Waals surface area contributed by atoms with Crippen molar-refractivity contribution in [3.8, 4) is 0 Å². The van der Waals surface area contributed by atoms with Gasteiger partial charge in [-0.05, 0) is 25.7 Å². The fourth-order valence-electron chi connectivity index (χ4n) is 3.08. The van der Waals surface area contributed by atoms with Crippen molar-refractivity contribution in [1.29, 1.82) is 0 Å². The lowest BCUT2D eigenvalue weighted by molar-refractivity contribution is -0.188. The fraction of sp³-hybridized carbons (Fsp3) is 0.786. The molecule has 0 aliphatic heterocycles. The molecule has 0 aromatic carbocycles. The molecule has 20 heavy (non-hydrogen) atoms. The Morgan fingerprint density at radius 3 is 2.65 bits per heavy atom. The highest BCUT2D eigenvalue weighted by Gasteiger charge is 2.47. The molecular weight excluding hydrogens is 269 g/mol. The van der Waals surface area contributed by atoms with Gasteiger partial charge in [0.1, 0.15) is 5.76 Å². The molecule has 2 unspecified atom stereocenters. The monoisotopic (exact) mass is 288 g/mol. The van der Waals surface area contributed by atoms with Gasteiger partial charge in [0.2, 0.25) is 0 Å². The maximum absolute atomic E-state index is 13.2. The average Bonchev–Trinajstić information content (AvgIpc) is 3.12. The van der Waals surface area contributed by atoms with E-state index in [1.54, 1.807) is 0 Å². The number of halogens is 3. The predicted octanol–water partition coefficient (Wildman–Crippen LogP) is 3.76. The zero-order valence-corrected chi connectivity index (χ0v) is 11.2. The van der Waals surface area contributed by atoms with E-state index >= 15 is 0 Å². The van der Waals surface area contributed by atoms with Crippen LogP contribution in [0.2, 0.25) is 0 Å². The van der Waals surface area contributed by atoms with Crippen LogP contribution in [0.1, 0.15) is 55.9 Å². The lowest BCUT2D eigenvalue weighted by atomic mass is 9.77. The Balaban J connectivity index is 1.76. The van der Waals surface area contributed by atoms with E-state index in [4.69, 9.17) is 4.42 Å². The Bertz CT molecular complexity index is 454. The Morgan fingerprint density at radius 2 is 1.95 bits per heavy atom. The van der Waals surface area contributed by atoms with E-state index in [2.05, 4.69) is 10.3 Å². The van der Waals surface area contributed by atoms with Gasteiger partial charge in [-0.15, -0.1) is 0 Å². The number of aromatic nitrogens is 1. The molecule has 1 aromatic heterocycles. The summed E-state index contributed by atoms with van der Waals surface area (Å²) < 4.78 is 44.8. The minimum absolute atomic E-state index is 0.199. The van der Waals surface area contributed by atoms with Crippen LogP contribution < -0.4 is 5.32 Å². The zero-order valence-electron chi connectivity index (χ0n) is 11.2. The first-order valence-electron chi connectivity index (χ1n) is 7.28. The molecule has 1 heterocycles. The van der Waals surface area contributed by atoms with Crippen LogP contribution in [-0.2, 0) is 6.54 Å². The van der Waals surface area contributed by atoms with Gasteiger partial charge in [-0.3, -0.25) is 0 Å². The first-order chi connectivity index (χ1) is 9.55.